The van der Waals surface area contributed by atoms with Crippen LogP contribution >= 0.6 is 10.7 Å². The minimum atomic E-state index is -3.68. The molecule has 1 heterocycles. The Hall–Kier alpha value is -0.490. The number of halogens is 1. The van der Waals surface area contributed by atoms with E-state index in [1.807, 2.05) is 0 Å². The van der Waals surface area contributed by atoms with Gasteiger partial charge in [0.05, 0.1) is 0 Å². The molecular weight excluding hydrogens is 196 g/mol. The topological polar surface area (TPSA) is 69.7 Å². The van der Waals surface area contributed by atoms with Gasteiger partial charge in [-0.3, -0.25) is 0 Å². The summed E-state index contributed by atoms with van der Waals surface area (Å²) in [6, 6.07) is 0. The summed E-state index contributed by atoms with van der Waals surface area (Å²) in [6.07, 6.45) is -0.860. The number of carbonyl (C=O) groups is 1. The van der Waals surface area contributed by atoms with Crippen molar-refractivity contribution >= 4 is 25.9 Å². The van der Waals surface area contributed by atoms with Gasteiger partial charge in [0.25, 0.3) is 0 Å². The largest absolute Gasteiger partial charge is 0.508 e. The first-order chi connectivity index (χ1) is 5.00. The molecule has 0 aliphatic carbocycles. The van der Waals surface area contributed by atoms with Crippen molar-refractivity contribution in [2.45, 2.75) is 5.25 Å². The van der Waals surface area contributed by atoms with Crippen LogP contribution in [-0.4, -0.2) is 33.0 Å². The number of ether oxygens (including phenoxy) is 2. The highest BCUT2D eigenvalue weighted by Gasteiger charge is 2.30. The van der Waals surface area contributed by atoms with E-state index < -0.39 is 20.5 Å². The Kier molecular flexibility index (Phi) is 2.24. The molecule has 0 unspecified atom stereocenters. The highest BCUT2D eigenvalue weighted by molar-refractivity contribution is 8.14. The van der Waals surface area contributed by atoms with Crippen LogP contribution in [0.2, 0.25) is 0 Å². The van der Waals surface area contributed by atoms with Crippen molar-refractivity contribution in [3.05, 3.63) is 0 Å². The van der Waals surface area contributed by atoms with Crippen LogP contribution < -0.4 is 0 Å². The summed E-state index contributed by atoms with van der Waals surface area (Å²) in [4.78, 5) is 10.3. The molecular formula is C4H5ClO5S. The van der Waals surface area contributed by atoms with E-state index >= 15 is 0 Å². The third kappa shape index (κ3) is 2.23. The molecule has 0 atom stereocenters. The van der Waals surface area contributed by atoms with E-state index in [1.165, 1.54) is 0 Å². The highest BCUT2D eigenvalue weighted by Crippen LogP contribution is 2.12. The first-order valence-electron chi connectivity index (χ1n) is 2.73. The number of hydrogen-bond donors (Lipinski definition) is 0. The average Bonchev–Trinajstić information content (AvgIpc) is 1.86. The van der Waals surface area contributed by atoms with Gasteiger partial charge in [-0.1, -0.05) is 0 Å². The molecule has 0 bridgehead atoms. The first kappa shape index (κ1) is 8.61. The third-order valence-electron chi connectivity index (χ3n) is 1.17. The lowest BCUT2D eigenvalue weighted by Gasteiger charge is -2.18. The van der Waals surface area contributed by atoms with E-state index in [9.17, 15) is 13.2 Å². The van der Waals surface area contributed by atoms with Crippen LogP contribution in [-0.2, 0) is 18.5 Å². The van der Waals surface area contributed by atoms with Crippen molar-refractivity contribution < 1.29 is 22.7 Å². The average molecular weight is 201 g/mol. The molecule has 11 heavy (non-hydrogen) atoms. The molecule has 1 aliphatic rings. The van der Waals surface area contributed by atoms with Gasteiger partial charge in [-0.05, 0) is 0 Å². The van der Waals surface area contributed by atoms with Crippen LogP contribution in [0.3, 0.4) is 0 Å². The van der Waals surface area contributed by atoms with Crippen molar-refractivity contribution in [1.82, 2.24) is 0 Å². The normalized spacial score (nSPS) is 20.6. The quantitative estimate of drug-likeness (QED) is 0.443. The molecule has 0 saturated carbocycles. The van der Waals surface area contributed by atoms with Gasteiger partial charge in [-0.2, -0.15) is 0 Å². The van der Waals surface area contributed by atoms with Crippen LogP contribution in [0.5, 0.6) is 0 Å². The molecule has 0 spiro atoms. The number of rotatable bonds is 1. The predicted molar refractivity (Wildman–Crippen MR) is 35.9 cm³/mol. The summed E-state index contributed by atoms with van der Waals surface area (Å²) in [7, 11) is 1.28. The molecule has 64 valence electrons. The standard InChI is InChI=1S/C4H5ClO5S/c5-11(7,8)3-1-9-4(6)10-2-3/h3H,1-2H2. The maximum Gasteiger partial charge on any atom is 0.508 e. The monoisotopic (exact) mass is 200 g/mol. The number of hydrogen-bond acceptors (Lipinski definition) is 5. The fourth-order valence-corrected chi connectivity index (χ4v) is 1.34. The minimum Gasteiger partial charge on any atom is -0.433 e. The highest BCUT2D eigenvalue weighted by atomic mass is 35.7. The first-order valence-corrected chi connectivity index (χ1v) is 5.10. The Morgan fingerprint density at radius 3 is 2.18 bits per heavy atom. The fraction of sp³-hybridized carbons (Fsp3) is 0.750. The van der Waals surface area contributed by atoms with E-state index in [1.54, 1.807) is 0 Å². The zero-order chi connectivity index (χ0) is 8.48. The molecule has 0 aromatic rings. The summed E-state index contributed by atoms with van der Waals surface area (Å²) < 4.78 is 29.8. The maximum absolute atomic E-state index is 10.6. The van der Waals surface area contributed by atoms with Gasteiger partial charge in [0.15, 0.2) is 0 Å². The molecule has 0 N–H and O–H groups in total. The Morgan fingerprint density at radius 1 is 1.36 bits per heavy atom. The summed E-state index contributed by atoms with van der Waals surface area (Å²) in [5.74, 6) is 0. The lowest BCUT2D eigenvalue weighted by atomic mass is 10.5. The Labute approximate surface area is 67.6 Å². The smallest absolute Gasteiger partial charge is 0.433 e. The van der Waals surface area contributed by atoms with Gasteiger partial charge >= 0.3 is 6.16 Å². The second-order valence-electron chi connectivity index (χ2n) is 1.97. The number of carbonyl (C=O) groups excluding carboxylic acids is 1. The van der Waals surface area contributed by atoms with E-state index in [2.05, 4.69) is 9.47 Å². The van der Waals surface area contributed by atoms with Gasteiger partial charge in [0.2, 0.25) is 9.05 Å². The predicted octanol–water partition coefficient (Wildman–Crippen LogP) is 0.0904. The SMILES string of the molecule is O=C1OCC(S(=O)(=O)Cl)CO1. The van der Waals surface area contributed by atoms with Crippen LogP contribution in [0.25, 0.3) is 0 Å². The van der Waals surface area contributed by atoms with Crippen LogP contribution in [0, 0.1) is 0 Å². The van der Waals surface area contributed by atoms with Gasteiger partial charge < -0.3 is 9.47 Å². The molecule has 0 radical (unpaired) electrons. The van der Waals surface area contributed by atoms with E-state index in [4.69, 9.17) is 10.7 Å². The Morgan fingerprint density at radius 2 is 1.82 bits per heavy atom. The second kappa shape index (κ2) is 2.86. The lowest BCUT2D eigenvalue weighted by Crippen LogP contribution is -2.35. The molecule has 0 aromatic heterocycles. The summed E-state index contributed by atoms with van der Waals surface area (Å²) in [5.41, 5.74) is 0. The fourth-order valence-electron chi connectivity index (χ4n) is 0.574. The van der Waals surface area contributed by atoms with Crippen LogP contribution in [0.4, 0.5) is 4.79 Å². The van der Waals surface area contributed by atoms with E-state index in [0.29, 0.717) is 0 Å². The molecule has 1 saturated heterocycles. The van der Waals surface area contributed by atoms with Crippen molar-refractivity contribution in [1.29, 1.82) is 0 Å². The molecule has 5 nitrogen and oxygen atoms in total. The van der Waals surface area contributed by atoms with Crippen LogP contribution in [0.1, 0.15) is 0 Å². The minimum absolute atomic E-state index is 0.231. The Bertz CT molecular complexity index is 248. The summed E-state index contributed by atoms with van der Waals surface area (Å²) in [5, 5.41) is -0.943. The van der Waals surface area contributed by atoms with Crippen molar-refractivity contribution in [3.63, 3.8) is 0 Å². The maximum atomic E-state index is 10.6. The third-order valence-corrected chi connectivity index (χ3v) is 3.00. The Balaban J connectivity index is 2.60. The number of cyclic esters (lactones) is 2. The van der Waals surface area contributed by atoms with Crippen LogP contribution in [0.15, 0.2) is 0 Å². The van der Waals surface area contributed by atoms with Gasteiger partial charge in [-0.25, -0.2) is 13.2 Å². The molecule has 7 heteroatoms. The molecule has 1 rings (SSSR count). The lowest BCUT2D eigenvalue weighted by molar-refractivity contribution is 0.0216. The second-order valence-corrected chi connectivity index (χ2v) is 4.88. The summed E-state index contributed by atoms with van der Waals surface area (Å²) in [6.45, 7) is -0.463. The summed E-state index contributed by atoms with van der Waals surface area (Å²) >= 11 is 0. The molecule has 0 aromatic carbocycles. The van der Waals surface area contributed by atoms with Gasteiger partial charge in [0, 0.05) is 10.7 Å². The van der Waals surface area contributed by atoms with Gasteiger partial charge in [0.1, 0.15) is 18.5 Å². The zero-order valence-corrected chi connectivity index (χ0v) is 6.89. The molecule has 1 aliphatic heterocycles. The zero-order valence-electron chi connectivity index (χ0n) is 5.32. The van der Waals surface area contributed by atoms with Gasteiger partial charge in [-0.15, -0.1) is 0 Å². The van der Waals surface area contributed by atoms with Crippen molar-refractivity contribution in [2.75, 3.05) is 13.2 Å². The van der Waals surface area contributed by atoms with E-state index in [-0.39, 0.29) is 13.2 Å². The van der Waals surface area contributed by atoms with Crippen molar-refractivity contribution in [2.24, 2.45) is 0 Å². The molecule has 1 fully saturated rings. The molecule has 0 amide bonds. The van der Waals surface area contributed by atoms with E-state index in [0.717, 1.165) is 0 Å². The van der Waals surface area contributed by atoms with Crippen molar-refractivity contribution in [3.8, 4) is 0 Å².